The van der Waals surface area contributed by atoms with E-state index in [0.29, 0.717) is 6.04 Å². The summed E-state index contributed by atoms with van der Waals surface area (Å²) in [5.74, 6) is 1.65. The van der Waals surface area contributed by atoms with Crippen LogP contribution >= 0.6 is 0 Å². The lowest BCUT2D eigenvalue weighted by molar-refractivity contribution is -0.122. The van der Waals surface area contributed by atoms with Crippen molar-refractivity contribution < 1.29 is 9.53 Å². The molecule has 1 saturated carbocycles. The van der Waals surface area contributed by atoms with E-state index in [2.05, 4.69) is 10.6 Å². The first-order chi connectivity index (χ1) is 12.1. The minimum Gasteiger partial charge on any atom is -0.457 e. The molecule has 1 unspecified atom stereocenters. The van der Waals surface area contributed by atoms with Gasteiger partial charge in [-0.2, -0.15) is 0 Å². The van der Waals surface area contributed by atoms with E-state index in [1.165, 1.54) is 18.4 Å². The Morgan fingerprint density at radius 1 is 1.00 bits per heavy atom. The summed E-state index contributed by atoms with van der Waals surface area (Å²) in [7, 11) is 0. The van der Waals surface area contributed by atoms with Crippen LogP contribution < -0.4 is 15.4 Å². The topological polar surface area (TPSA) is 50.4 Å². The molecule has 2 N–H and O–H groups in total. The number of ether oxygens (including phenoxy) is 1. The maximum absolute atomic E-state index is 12.2. The molecular weight excluding hydrogens is 312 g/mol. The molecule has 4 heteroatoms. The molecule has 1 atom stereocenters. The molecule has 0 aliphatic heterocycles. The van der Waals surface area contributed by atoms with Crippen LogP contribution in [0.1, 0.15) is 38.2 Å². The summed E-state index contributed by atoms with van der Waals surface area (Å²) in [6.45, 7) is 3.94. The van der Waals surface area contributed by atoms with Crippen LogP contribution in [0.5, 0.6) is 11.5 Å². The quantitative estimate of drug-likeness (QED) is 0.806. The summed E-state index contributed by atoms with van der Waals surface area (Å²) in [5, 5.41) is 6.37. The molecule has 1 amide bonds. The first kappa shape index (κ1) is 17.3. The maximum atomic E-state index is 12.2. The van der Waals surface area contributed by atoms with Gasteiger partial charge in [-0.3, -0.25) is 4.79 Å². The molecule has 1 aliphatic carbocycles. The minimum absolute atomic E-state index is 0.0619. The van der Waals surface area contributed by atoms with Gasteiger partial charge in [-0.15, -0.1) is 0 Å². The molecule has 0 heterocycles. The van der Waals surface area contributed by atoms with E-state index in [-0.39, 0.29) is 11.9 Å². The van der Waals surface area contributed by atoms with Gasteiger partial charge < -0.3 is 15.4 Å². The predicted octanol–water partition coefficient (Wildman–Crippen LogP) is 4.65. The molecule has 25 heavy (non-hydrogen) atoms. The monoisotopic (exact) mass is 338 g/mol. The molecule has 132 valence electrons. The molecular formula is C21H26N2O2. The fourth-order valence-corrected chi connectivity index (χ4v) is 3.07. The van der Waals surface area contributed by atoms with E-state index in [1.807, 2.05) is 62.4 Å². The highest BCUT2D eigenvalue weighted by Crippen LogP contribution is 2.23. The zero-order valence-electron chi connectivity index (χ0n) is 14.9. The van der Waals surface area contributed by atoms with Crippen molar-refractivity contribution in [2.45, 2.75) is 51.6 Å². The van der Waals surface area contributed by atoms with Gasteiger partial charge in [0, 0.05) is 11.7 Å². The predicted molar refractivity (Wildman–Crippen MR) is 101 cm³/mol. The van der Waals surface area contributed by atoms with E-state index >= 15 is 0 Å². The second-order valence-electron chi connectivity index (χ2n) is 6.80. The summed E-state index contributed by atoms with van der Waals surface area (Å²) in [6, 6.07) is 15.7. The van der Waals surface area contributed by atoms with Crippen LogP contribution in [0, 0.1) is 6.92 Å². The van der Waals surface area contributed by atoms with Crippen LogP contribution in [0.3, 0.4) is 0 Å². The third kappa shape index (κ3) is 4.99. The van der Waals surface area contributed by atoms with Crippen LogP contribution in [-0.4, -0.2) is 18.0 Å². The van der Waals surface area contributed by atoms with E-state index < -0.39 is 0 Å². The molecule has 4 nitrogen and oxygen atoms in total. The van der Waals surface area contributed by atoms with Crippen molar-refractivity contribution in [2.75, 3.05) is 5.32 Å². The number of hydrogen-bond donors (Lipinski definition) is 2. The highest BCUT2D eigenvalue weighted by molar-refractivity contribution is 5.84. The Morgan fingerprint density at radius 3 is 2.16 bits per heavy atom. The van der Waals surface area contributed by atoms with Gasteiger partial charge in [-0.1, -0.05) is 30.5 Å². The Bertz CT molecular complexity index is 689. The van der Waals surface area contributed by atoms with Crippen molar-refractivity contribution in [1.29, 1.82) is 0 Å². The van der Waals surface area contributed by atoms with Crippen LogP contribution in [0.4, 0.5) is 5.69 Å². The largest absolute Gasteiger partial charge is 0.457 e. The highest BCUT2D eigenvalue weighted by Gasteiger charge is 2.20. The zero-order chi connectivity index (χ0) is 17.6. The van der Waals surface area contributed by atoms with Crippen molar-refractivity contribution in [3.63, 3.8) is 0 Å². The summed E-state index contributed by atoms with van der Waals surface area (Å²) in [5.41, 5.74) is 2.11. The van der Waals surface area contributed by atoms with Crippen LogP contribution in [0.15, 0.2) is 48.5 Å². The second kappa shape index (κ2) is 8.06. The van der Waals surface area contributed by atoms with E-state index in [1.54, 1.807) is 0 Å². The number of nitrogens with one attached hydrogen (secondary N) is 2. The van der Waals surface area contributed by atoms with Gasteiger partial charge in [0.15, 0.2) is 0 Å². The number of aryl methyl sites for hydroxylation is 1. The minimum atomic E-state index is -0.260. The van der Waals surface area contributed by atoms with Crippen LogP contribution in [0.25, 0.3) is 0 Å². The first-order valence-corrected chi connectivity index (χ1v) is 9.01. The lowest BCUT2D eigenvalue weighted by Crippen LogP contribution is -2.42. The van der Waals surface area contributed by atoms with Gasteiger partial charge in [0.1, 0.15) is 17.5 Å². The molecule has 1 aliphatic rings. The Kier molecular flexibility index (Phi) is 5.59. The number of benzene rings is 2. The average molecular weight is 338 g/mol. The molecule has 1 fully saturated rings. The number of amides is 1. The standard InChI is InChI=1S/C21H26N2O2/c1-15-7-11-19(12-8-15)25-20-13-9-18(10-14-20)22-16(2)21(24)23-17-5-3-4-6-17/h7-14,16-17,22H,3-6H2,1-2H3,(H,23,24). The molecule has 0 radical (unpaired) electrons. The first-order valence-electron chi connectivity index (χ1n) is 9.01. The molecule has 0 bridgehead atoms. The van der Waals surface area contributed by atoms with Crippen molar-refractivity contribution in [3.05, 3.63) is 54.1 Å². The van der Waals surface area contributed by atoms with Crippen LogP contribution in [0.2, 0.25) is 0 Å². The molecule has 2 aromatic rings. The zero-order valence-corrected chi connectivity index (χ0v) is 14.9. The lowest BCUT2D eigenvalue weighted by Gasteiger charge is -2.18. The number of rotatable bonds is 6. The summed E-state index contributed by atoms with van der Waals surface area (Å²) in [6.07, 6.45) is 4.64. The smallest absolute Gasteiger partial charge is 0.242 e. The van der Waals surface area contributed by atoms with E-state index in [4.69, 9.17) is 4.74 Å². The fourth-order valence-electron chi connectivity index (χ4n) is 3.07. The normalized spacial score (nSPS) is 15.6. The van der Waals surface area contributed by atoms with Crippen molar-refractivity contribution in [2.24, 2.45) is 0 Å². The molecule has 0 spiro atoms. The van der Waals surface area contributed by atoms with Crippen molar-refractivity contribution >= 4 is 11.6 Å². The average Bonchev–Trinajstić information content (AvgIpc) is 3.11. The lowest BCUT2D eigenvalue weighted by atomic mass is 10.2. The summed E-state index contributed by atoms with van der Waals surface area (Å²) >= 11 is 0. The van der Waals surface area contributed by atoms with Gasteiger partial charge in [0.05, 0.1) is 0 Å². The van der Waals surface area contributed by atoms with E-state index in [0.717, 1.165) is 30.0 Å². The summed E-state index contributed by atoms with van der Waals surface area (Å²) < 4.78 is 5.82. The Balaban J connectivity index is 1.52. The Hall–Kier alpha value is -2.49. The van der Waals surface area contributed by atoms with Crippen molar-refractivity contribution in [1.82, 2.24) is 5.32 Å². The number of carbonyl (C=O) groups is 1. The molecule has 0 saturated heterocycles. The Morgan fingerprint density at radius 2 is 1.56 bits per heavy atom. The van der Waals surface area contributed by atoms with Crippen LogP contribution in [-0.2, 0) is 4.79 Å². The highest BCUT2D eigenvalue weighted by atomic mass is 16.5. The number of anilines is 1. The summed E-state index contributed by atoms with van der Waals surface area (Å²) in [4.78, 5) is 12.2. The van der Waals surface area contributed by atoms with Gasteiger partial charge in [0.2, 0.25) is 5.91 Å². The van der Waals surface area contributed by atoms with Gasteiger partial charge in [-0.25, -0.2) is 0 Å². The maximum Gasteiger partial charge on any atom is 0.242 e. The third-order valence-corrected chi connectivity index (χ3v) is 4.59. The SMILES string of the molecule is Cc1ccc(Oc2ccc(NC(C)C(=O)NC3CCCC3)cc2)cc1. The van der Waals surface area contributed by atoms with E-state index in [9.17, 15) is 4.79 Å². The van der Waals surface area contributed by atoms with Crippen molar-refractivity contribution in [3.8, 4) is 11.5 Å². The molecule has 0 aromatic heterocycles. The molecule has 3 rings (SSSR count). The Labute approximate surface area is 149 Å². The second-order valence-corrected chi connectivity index (χ2v) is 6.80. The van der Waals surface area contributed by atoms with Gasteiger partial charge in [-0.05, 0) is 63.1 Å². The number of hydrogen-bond acceptors (Lipinski definition) is 3. The third-order valence-electron chi connectivity index (χ3n) is 4.59. The molecule has 2 aromatic carbocycles. The van der Waals surface area contributed by atoms with Gasteiger partial charge in [0.25, 0.3) is 0 Å². The number of carbonyl (C=O) groups excluding carboxylic acids is 1. The fraction of sp³-hybridized carbons (Fsp3) is 0.381. The van der Waals surface area contributed by atoms with Gasteiger partial charge >= 0.3 is 0 Å².